The van der Waals surface area contributed by atoms with Gasteiger partial charge in [-0.1, -0.05) is 11.6 Å². The summed E-state index contributed by atoms with van der Waals surface area (Å²) >= 11 is 5.80. The number of amides is 2. The van der Waals surface area contributed by atoms with E-state index in [1.807, 2.05) is 0 Å². The third-order valence-electron chi connectivity index (χ3n) is 4.49. The van der Waals surface area contributed by atoms with Crippen molar-refractivity contribution in [3.63, 3.8) is 0 Å². The second kappa shape index (κ2) is 8.34. The van der Waals surface area contributed by atoms with E-state index in [0.717, 1.165) is 0 Å². The summed E-state index contributed by atoms with van der Waals surface area (Å²) in [5.41, 5.74) is 0.914. The van der Waals surface area contributed by atoms with Crippen LogP contribution in [0.2, 0.25) is 5.02 Å². The number of nitrogens with zero attached hydrogens (tertiary/aromatic N) is 1. The first kappa shape index (κ1) is 20.4. The first-order chi connectivity index (χ1) is 13.3. The first-order valence-corrected chi connectivity index (χ1v) is 10.6. The molecule has 2 aromatic rings. The van der Waals surface area contributed by atoms with Crippen LogP contribution in [0.25, 0.3) is 0 Å². The molecule has 0 spiro atoms. The van der Waals surface area contributed by atoms with Gasteiger partial charge in [0, 0.05) is 37.9 Å². The lowest BCUT2D eigenvalue weighted by Gasteiger charge is -2.31. The number of rotatable bonds is 5. The number of hydrogen-bond acceptors (Lipinski definition) is 4. The monoisotopic (exact) mass is 424 g/mol. The van der Waals surface area contributed by atoms with Crippen LogP contribution >= 0.6 is 11.6 Å². The van der Waals surface area contributed by atoms with E-state index in [0.29, 0.717) is 42.3 Å². The number of halogens is 1. The Morgan fingerprint density at radius 2 is 1.82 bits per heavy atom. The van der Waals surface area contributed by atoms with Gasteiger partial charge in [-0.25, -0.2) is 8.42 Å². The van der Waals surface area contributed by atoms with Gasteiger partial charge in [-0.15, -0.1) is 0 Å². The Hall–Kier alpha value is -2.36. The van der Waals surface area contributed by atoms with Crippen molar-refractivity contribution < 1.29 is 18.0 Å². The smallest absolute Gasteiger partial charge is 0.267 e. The van der Waals surface area contributed by atoms with E-state index in [9.17, 15) is 18.0 Å². The van der Waals surface area contributed by atoms with Crippen LogP contribution in [0.15, 0.2) is 41.4 Å². The Morgan fingerprint density at radius 1 is 1.18 bits per heavy atom. The number of piperidine rings is 1. The van der Waals surface area contributed by atoms with Gasteiger partial charge >= 0.3 is 0 Å². The van der Waals surface area contributed by atoms with Gasteiger partial charge in [0.2, 0.25) is 15.9 Å². The predicted octanol–water partition coefficient (Wildman–Crippen LogP) is 2.21. The predicted molar refractivity (Wildman–Crippen MR) is 106 cm³/mol. The Kier molecular flexibility index (Phi) is 6.07. The minimum atomic E-state index is -3.62. The SMILES string of the molecule is CC(=O)Nc1ccc(S(=O)(=O)N2CCC(NC(=O)c3cc(Cl)c[nH]3)CC2)cc1. The largest absolute Gasteiger partial charge is 0.356 e. The number of carbonyl (C=O) groups is 2. The molecule has 0 atom stereocenters. The number of sulfonamides is 1. The van der Waals surface area contributed by atoms with Crippen LogP contribution in [0.5, 0.6) is 0 Å². The Morgan fingerprint density at radius 3 is 2.36 bits per heavy atom. The number of benzene rings is 1. The van der Waals surface area contributed by atoms with E-state index in [2.05, 4.69) is 15.6 Å². The third-order valence-corrected chi connectivity index (χ3v) is 6.63. The molecule has 10 heteroatoms. The molecule has 1 aliphatic heterocycles. The standard InChI is InChI=1S/C18H21ClN4O4S/c1-12(24)21-14-2-4-16(5-3-14)28(26,27)23-8-6-15(7-9-23)22-18(25)17-10-13(19)11-20-17/h2-5,10-11,15,20H,6-9H2,1H3,(H,21,24)(H,22,25). The van der Waals surface area contributed by atoms with E-state index in [4.69, 9.17) is 11.6 Å². The van der Waals surface area contributed by atoms with Crippen molar-refractivity contribution in [1.29, 1.82) is 0 Å². The van der Waals surface area contributed by atoms with Gasteiger partial charge in [0.15, 0.2) is 0 Å². The molecule has 1 aromatic carbocycles. The van der Waals surface area contributed by atoms with E-state index in [-0.39, 0.29) is 22.8 Å². The van der Waals surface area contributed by atoms with Gasteiger partial charge in [0.25, 0.3) is 5.91 Å². The first-order valence-electron chi connectivity index (χ1n) is 8.78. The number of carbonyl (C=O) groups excluding carboxylic acids is 2. The van der Waals surface area contributed by atoms with E-state index >= 15 is 0 Å². The molecule has 1 aromatic heterocycles. The number of aromatic nitrogens is 1. The van der Waals surface area contributed by atoms with Crippen LogP contribution in [-0.4, -0.2) is 48.7 Å². The Labute approximate surface area is 168 Å². The van der Waals surface area contributed by atoms with Crippen LogP contribution in [0, 0.1) is 0 Å². The van der Waals surface area contributed by atoms with Gasteiger partial charge < -0.3 is 15.6 Å². The molecule has 0 saturated carbocycles. The highest BCUT2D eigenvalue weighted by atomic mass is 35.5. The third kappa shape index (κ3) is 4.73. The summed E-state index contributed by atoms with van der Waals surface area (Å²) in [5, 5.41) is 5.95. The molecule has 0 radical (unpaired) electrons. The molecule has 8 nitrogen and oxygen atoms in total. The average molecular weight is 425 g/mol. The Bertz CT molecular complexity index is 964. The van der Waals surface area contributed by atoms with Crippen LogP contribution < -0.4 is 10.6 Å². The van der Waals surface area contributed by atoms with Gasteiger partial charge in [-0.05, 0) is 43.2 Å². The van der Waals surface area contributed by atoms with Crippen molar-refractivity contribution >= 4 is 39.1 Å². The number of nitrogens with one attached hydrogen (secondary N) is 3. The molecular formula is C18H21ClN4O4S. The molecule has 2 heterocycles. The second-order valence-electron chi connectivity index (χ2n) is 6.59. The molecule has 0 unspecified atom stereocenters. The fourth-order valence-electron chi connectivity index (χ4n) is 3.07. The molecule has 1 aliphatic rings. The molecule has 0 aliphatic carbocycles. The molecule has 2 amide bonds. The lowest BCUT2D eigenvalue weighted by molar-refractivity contribution is -0.114. The molecule has 150 valence electrons. The van der Waals surface area contributed by atoms with Crippen molar-refractivity contribution in [2.75, 3.05) is 18.4 Å². The van der Waals surface area contributed by atoms with Gasteiger partial charge in [-0.3, -0.25) is 9.59 Å². The van der Waals surface area contributed by atoms with Crippen molar-refractivity contribution in [3.8, 4) is 0 Å². The fraction of sp³-hybridized carbons (Fsp3) is 0.333. The zero-order chi connectivity index (χ0) is 20.3. The van der Waals surface area contributed by atoms with Crippen LogP contribution in [0.1, 0.15) is 30.3 Å². The quantitative estimate of drug-likeness (QED) is 0.683. The maximum absolute atomic E-state index is 12.8. The molecule has 3 rings (SSSR count). The molecule has 3 N–H and O–H groups in total. The molecule has 0 bridgehead atoms. The summed E-state index contributed by atoms with van der Waals surface area (Å²) < 4.78 is 27.0. The van der Waals surface area contributed by atoms with Gasteiger partial charge in [0.1, 0.15) is 5.69 Å². The summed E-state index contributed by atoms with van der Waals surface area (Å²) in [6.07, 6.45) is 2.57. The topological polar surface area (TPSA) is 111 Å². The van der Waals surface area contributed by atoms with Gasteiger partial charge in [-0.2, -0.15) is 4.31 Å². The highest BCUT2D eigenvalue weighted by molar-refractivity contribution is 7.89. The average Bonchev–Trinajstić information content (AvgIpc) is 3.09. The molecule has 28 heavy (non-hydrogen) atoms. The summed E-state index contributed by atoms with van der Waals surface area (Å²) in [6, 6.07) is 7.50. The van der Waals surface area contributed by atoms with Crippen molar-refractivity contribution in [1.82, 2.24) is 14.6 Å². The van der Waals surface area contributed by atoms with E-state index in [1.54, 1.807) is 18.2 Å². The normalized spacial score (nSPS) is 15.9. The summed E-state index contributed by atoms with van der Waals surface area (Å²) in [6.45, 7) is 2.01. The van der Waals surface area contributed by atoms with Crippen LogP contribution in [-0.2, 0) is 14.8 Å². The van der Waals surface area contributed by atoms with E-state index in [1.165, 1.54) is 29.6 Å². The Balaban J connectivity index is 1.58. The lowest BCUT2D eigenvalue weighted by atomic mass is 10.1. The highest BCUT2D eigenvalue weighted by Gasteiger charge is 2.30. The van der Waals surface area contributed by atoms with Crippen molar-refractivity contribution in [2.24, 2.45) is 0 Å². The second-order valence-corrected chi connectivity index (χ2v) is 8.96. The van der Waals surface area contributed by atoms with E-state index < -0.39 is 10.0 Å². The highest BCUT2D eigenvalue weighted by Crippen LogP contribution is 2.22. The molecule has 1 saturated heterocycles. The fourth-order valence-corrected chi connectivity index (χ4v) is 4.70. The maximum atomic E-state index is 12.8. The van der Waals surface area contributed by atoms with Crippen LogP contribution in [0.4, 0.5) is 5.69 Å². The minimum absolute atomic E-state index is 0.108. The van der Waals surface area contributed by atoms with Crippen molar-refractivity contribution in [3.05, 3.63) is 47.2 Å². The molecular weight excluding hydrogens is 404 g/mol. The lowest BCUT2D eigenvalue weighted by Crippen LogP contribution is -2.46. The maximum Gasteiger partial charge on any atom is 0.267 e. The molecule has 1 fully saturated rings. The summed E-state index contributed by atoms with van der Waals surface area (Å²) in [4.78, 5) is 26.2. The van der Waals surface area contributed by atoms with Crippen molar-refractivity contribution in [2.45, 2.75) is 30.7 Å². The summed E-state index contributed by atoms with van der Waals surface area (Å²) in [7, 11) is -3.62. The number of aromatic amines is 1. The minimum Gasteiger partial charge on any atom is -0.356 e. The zero-order valence-corrected chi connectivity index (χ0v) is 16.8. The van der Waals surface area contributed by atoms with Crippen LogP contribution in [0.3, 0.4) is 0 Å². The zero-order valence-electron chi connectivity index (χ0n) is 15.2. The number of anilines is 1. The summed E-state index contributed by atoms with van der Waals surface area (Å²) in [5.74, 6) is -0.483. The number of hydrogen-bond donors (Lipinski definition) is 3. The number of H-pyrrole nitrogens is 1. The van der Waals surface area contributed by atoms with Gasteiger partial charge in [0.05, 0.1) is 9.92 Å².